The Morgan fingerprint density at radius 1 is 0.727 bits per heavy atom. The zero-order valence-corrected chi connectivity index (χ0v) is 32.4. The summed E-state index contributed by atoms with van der Waals surface area (Å²) in [5, 5.41) is 21.9. The van der Waals surface area contributed by atoms with Crippen molar-refractivity contribution in [1.29, 1.82) is 0 Å². The Bertz CT molecular complexity index is 1760. The number of aryl methyl sites for hydroxylation is 1. The number of carbonyl (C=O) groups excluding carboxylic acids is 2. The summed E-state index contributed by atoms with van der Waals surface area (Å²) in [7, 11) is 6.19. The van der Waals surface area contributed by atoms with E-state index in [2.05, 4.69) is 0 Å². The molecule has 2 fully saturated rings. The van der Waals surface area contributed by atoms with Crippen LogP contribution in [-0.2, 0) is 20.7 Å². The van der Waals surface area contributed by atoms with Crippen LogP contribution in [-0.4, -0.2) is 93.4 Å². The van der Waals surface area contributed by atoms with Crippen LogP contribution in [0.4, 0.5) is 0 Å². The van der Waals surface area contributed by atoms with Crippen LogP contribution in [0.25, 0.3) is 0 Å². The normalized spacial score (nSPS) is 24.1. The Morgan fingerprint density at radius 2 is 1.45 bits per heavy atom. The van der Waals surface area contributed by atoms with Gasteiger partial charge >= 0.3 is 5.97 Å². The number of rotatable bonds is 8. The molecule has 0 aromatic heterocycles. The van der Waals surface area contributed by atoms with Crippen molar-refractivity contribution in [3.05, 3.63) is 71.3 Å². The number of ether oxygens (including phenoxy) is 7. The van der Waals surface area contributed by atoms with Gasteiger partial charge in [-0.2, -0.15) is 0 Å². The van der Waals surface area contributed by atoms with Crippen molar-refractivity contribution in [1.82, 2.24) is 4.90 Å². The number of cyclic esters (lactones) is 1. The van der Waals surface area contributed by atoms with Gasteiger partial charge in [-0.15, -0.1) is 0 Å². The van der Waals surface area contributed by atoms with Gasteiger partial charge in [-0.3, -0.25) is 4.79 Å². The van der Waals surface area contributed by atoms with Gasteiger partial charge in [-0.05, 0) is 104 Å². The number of fused-ring (bicyclic) bond motifs is 5. The van der Waals surface area contributed by atoms with Gasteiger partial charge in [0.1, 0.15) is 43.3 Å². The molecule has 3 aromatic rings. The molecule has 2 heterocycles. The highest BCUT2D eigenvalue weighted by Gasteiger charge is 2.41. The first kappa shape index (κ1) is 40.0. The molecule has 2 aliphatic heterocycles. The lowest BCUT2D eigenvalue weighted by atomic mass is 9.75. The quantitative estimate of drug-likeness (QED) is 0.254. The Labute approximate surface area is 323 Å². The first-order valence-corrected chi connectivity index (χ1v) is 19.4. The Hall–Kier alpha value is -4.68. The monoisotopic (exact) mass is 761 g/mol. The van der Waals surface area contributed by atoms with Crippen LogP contribution in [0.5, 0.6) is 34.5 Å². The molecule has 4 bridgehead atoms. The van der Waals surface area contributed by atoms with Gasteiger partial charge < -0.3 is 48.3 Å². The largest absolute Gasteiger partial charge is 0.493 e. The van der Waals surface area contributed by atoms with Gasteiger partial charge in [0.25, 0.3) is 0 Å². The van der Waals surface area contributed by atoms with E-state index >= 15 is 4.79 Å². The second kappa shape index (κ2) is 18.8. The van der Waals surface area contributed by atoms with E-state index in [1.807, 2.05) is 30.3 Å². The molecule has 0 unspecified atom stereocenters. The minimum absolute atomic E-state index is 0.0291. The van der Waals surface area contributed by atoms with Crippen LogP contribution in [0.1, 0.15) is 86.5 Å². The summed E-state index contributed by atoms with van der Waals surface area (Å²) in [4.78, 5) is 31.3. The van der Waals surface area contributed by atoms with E-state index < -0.39 is 36.2 Å². The molecule has 2 N–H and O–H groups in total. The van der Waals surface area contributed by atoms with Gasteiger partial charge in [0.15, 0.2) is 23.0 Å². The van der Waals surface area contributed by atoms with E-state index in [1.54, 1.807) is 43.4 Å². The maximum Gasteiger partial charge on any atom is 0.329 e. The maximum atomic E-state index is 15.1. The number of hydrogen-bond donors (Lipinski definition) is 2. The van der Waals surface area contributed by atoms with Crippen molar-refractivity contribution >= 4 is 11.9 Å². The predicted molar refractivity (Wildman–Crippen MR) is 204 cm³/mol. The third-order valence-corrected chi connectivity index (χ3v) is 11.2. The van der Waals surface area contributed by atoms with Gasteiger partial charge in [0.2, 0.25) is 11.7 Å². The second-order valence-corrected chi connectivity index (χ2v) is 14.7. The molecule has 6 rings (SSSR count). The van der Waals surface area contributed by atoms with Crippen LogP contribution in [0.3, 0.4) is 0 Å². The lowest BCUT2D eigenvalue weighted by Crippen LogP contribution is -2.51. The first-order chi connectivity index (χ1) is 26.7. The molecule has 1 saturated carbocycles. The van der Waals surface area contributed by atoms with Crippen LogP contribution < -0.4 is 28.4 Å². The molecular weight excluding hydrogens is 706 g/mol. The van der Waals surface area contributed by atoms with Crippen molar-refractivity contribution < 1.29 is 53.0 Å². The van der Waals surface area contributed by atoms with Crippen molar-refractivity contribution in [3.63, 3.8) is 0 Å². The van der Waals surface area contributed by atoms with Crippen molar-refractivity contribution in [3.8, 4) is 34.5 Å². The molecular formula is C43H55NO11. The molecule has 0 radical (unpaired) electrons. The molecule has 3 aromatic carbocycles. The summed E-state index contributed by atoms with van der Waals surface area (Å²) < 4.78 is 40.9. The topological polar surface area (TPSA) is 142 Å². The van der Waals surface area contributed by atoms with Crippen LogP contribution >= 0.6 is 0 Å². The van der Waals surface area contributed by atoms with E-state index in [0.717, 1.165) is 50.5 Å². The lowest BCUT2D eigenvalue weighted by Gasteiger charge is -2.40. The summed E-state index contributed by atoms with van der Waals surface area (Å²) in [5.41, 5.74) is 2.35. The second-order valence-electron chi connectivity index (χ2n) is 14.7. The third-order valence-electron chi connectivity index (χ3n) is 11.2. The van der Waals surface area contributed by atoms with Gasteiger partial charge in [-0.25, -0.2) is 4.79 Å². The average molecular weight is 762 g/mol. The molecule has 12 nitrogen and oxygen atoms in total. The van der Waals surface area contributed by atoms with E-state index in [4.69, 9.17) is 33.2 Å². The number of esters is 1. The highest BCUT2D eigenvalue weighted by molar-refractivity contribution is 5.89. The summed E-state index contributed by atoms with van der Waals surface area (Å²) in [6.07, 6.45) is 4.58. The number of methoxy groups -OCH3 is 4. The SMILES string of the molecule is COc1ccc(CC[C@H]2OC(=O)[C@@H]3CCCCN3C(=O)[C@@H](C3CCCCC3)c3cc(OC)c(OC)c(c3)OC[C@H](O)[C@@H](O)COc3cccc2c3)cc1OC. The average Bonchev–Trinajstić information content (AvgIpc) is 3.23. The predicted octanol–water partition coefficient (Wildman–Crippen LogP) is 6.18. The molecule has 0 spiro atoms. The fraction of sp³-hybridized carbons (Fsp3) is 0.535. The zero-order valence-electron chi connectivity index (χ0n) is 32.4. The van der Waals surface area contributed by atoms with Crippen molar-refractivity contribution in [2.45, 2.75) is 94.5 Å². The minimum Gasteiger partial charge on any atom is -0.493 e. The number of piperidine rings is 1. The highest BCUT2D eigenvalue weighted by atomic mass is 16.6. The molecule has 1 aliphatic carbocycles. The number of aliphatic hydroxyl groups is 2. The van der Waals surface area contributed by atoms with Crippen LogP contribution in [0.2, 0.25) is 0 Å². The number of nitrogens with zero attached hydrogens (tertiary/aromatic N) is 1. The van der Waals surface area contributed by atoms with Gasteiger partial charge in [-0.1, -0.05) is 37.5 Å². The van der Waals surface area contributed by atoms with E-state index in [9.17, 15) is 15.0 Å². The van der Waals surface area contributed by atoms with Crippen molar-refractivity contribution in [2.75, 3.05) is 48.2 Å². The fourth-order valence-corrected chi connectivity index (χ4v) is 8.17. The van der Waals surface area contributed by atoms with Crippen molar-refractivity contribution in [2.24, 2.45) is 5.92 Å². The summed E-state index contributed by atoms with van der Waals surface area (Å²) in [6, 6.07) is 15.7. The van der Waals surface area contributed by atoms with Gasteiger partial charge in [0, 0.05) is 6.54 Å². The standard InChI is InChI=1S/C43H55NO11/c1-49-36-19-17-27(21-37(36)50-2)16-18-35-29-13-10-14-31(22-29)53-25-33(45)34(46)26-54-39-24-30(23-38(51-3)41(39)52-4)40(28-11-6-5-7-12-28)42(47)44-20-9-8-15-32(44)43(48)55-35/h10,13-14,17,19,21-24,28,32-35,40,45-46H,5-9,11-12,15-16,18,20,25-26H2,1-4H3/t32-,33-,34-,35+,40-/m0/s1. The minimum atomic E-state index is -1.32. The molecule has 12 heteroatoms. The molecule has 5 atom stereocenters. The number of benzene rings is 3. The molecule has 298 valence electrons. The Morgan fingerprint density at radius 3 is 2.18 bits per heavy atom. The maximum absolute atomic E-state index is 15.1. The Kier molecular flexibility index (Phi) is 13.7. The number of carbonyl (C=O) groups is 2. The van der Waals surface area contributed by atoms with E-state index in [-0.39, 0.29) is 30.8 Å². The van der Waals surface area contributed by atoms with Crippen LogP contribution in [0.15, 0.2) is 54.6 Å². The molecule has 3 aliphatic rings. The smallest absolute Gasteiger partial charge is 0.329 e. The third kappa shape index (κ3) is 9.41. The fourth-order valence-electron chi connectivity index (χ4n) is 8.17. The number of aliphatic hydroxyl groups excluding tert-OH is 2. The molecule has 55 heavy (non-hydrogen) atoms. The Balaban J connectivity index is 1.40. The van der Waals surface area contributed by atoms with E-state index in [1.165, 1.54) is 14.2 Å². The van der Waals surface area contributed by atoms with Gasteiger partial charge in [0.05, 0.1) is 34.4 Å². The number of hydrogen-bond acceptors (Lipinski definition) is 11. The lowest BCUT2D eigenvalue weighted by molar-refractivity contribution is -0.163. The summed E-state index contributed by atoms with van der Waals surface area (Å²) in [5.74, 6) is 1.47. The zero-order chi connectivity index (χ0) is 38.9. The molecule has 1 saturated heterocycles. The number of amides is 1. The molecule has 1 amide bonds. The summed E-state index contributed by atoms with van der Waals surface area (Å²) >= 11 is 0. The first-order valence-electron chi connectivity index (χ1n) is 19.4. The summed E-state index contributed by atoms with van der Waals surface area (Å²) in [6.45, 7) is -0.0631. The highest BCUT2D eigenvalue weighted by Crippen LogP contribution is 2.45. The van der Waals surface area contributed by atoms with Crippen LogP contribution in [0, 0.1) is 5.92 Å². The van der Waals surface area contributed by atoms with E-state index in [0.29, 0.717) is 65.7 Å².